The number of imidazole rings is 1. The van der Waals surface area contributed by atoms with E-state index in [-0.39, 0.29) is 17.0 Å². The van der Waals surface area contributed by atoms with Gasteiger partial charge in [-0.15, -0.1) is 0 Å². The van der Waals surface area contributed by atoms with Crippen LogP contribution in [0.3, 0.4) is 0 Å². The highest BCUT2D eigenvalue weighted by molar-refractivity contribution is 7.89. The molecule has 1 aliphatic heterocycles. The monoisotopic (exact) mass is 541 g/mol. The van der Waals surface area contributed by atoms with Crippen LogP contribution in [0.15, 0.2) is 90.2 Å². The van der Waals surface area contributed by atoms with Gasteiger partial charge in [0.2, 0.25) is 10.0 Å². The summed E-state index contributed by atoms with van der Waals surface area (Å²) in [5, 5.41) is 9.60. The minimum Gasteiger partial charge on any atom is -0.465 e. The first kappa shape index (κ1) is 26.2. The number of hydrogen-bond donors (Lipinski definition) is 1. The number of sulfonamides is 1. The zero-order valence-corrected chi connectivity index (χ0v) is 22.1. The number of aromatic nitrogens is 2. The van der Waals surface area contributed by atoms with E-state index in [0.29, 0.717) is 30.6 Å². The van der Waals surface area contributed by atoms with Crippen LogP contribution in [0.1, 0.15) is 32.7 Å². The summed E-state index contributed by atoms with van der Waals surface area (Å²) in [7, 11) is -2.96. The maximum absolute atomic E-state index is 14.4. The van der Waals surface area contributed by atoms with Gasteiger partial charge < -0.3 is 14.6 Å². The lowest BCUT2D eigenvalue weighted by Crippen LogP contribution is -2.46. The largest absolute Gasteiger partial charge is 0.465 e. The summed E-state index contributed by atoms with van der Waals surface area (Å²) in [6.45, 7) is 0.831. The van der Waals surface area contributed by atoms with Gasteiger partial charge in [-0.3, -0.25) is 0 Å². The molecule has 0 aliphatic carbocycles. The SMILES string of the molecule is COC(=O)c1ccccc1S(=O)(=O)N1Cc2cc(C#N)ccc2N(Cc2c[nH]cn2)CC1Cc1ccccc1. The average molecular weight is 542 g/mol. The topological polar surface area (TPSA) is 119 Å². The maximum Gasteiger partial charge on any atom is 0.339 e. The molecule has 10 heteroatoms. The van der Waals surface area contributed by atoms with Gasteiger partial charge in [-0.05, 0) is 47.9 Å². The summed E-state index contributed by atoms with van der Waals surface area (Å²) in [5.41, 5.74) is 3.71. The van der Waals surface area contributed by atoms with E-state index in [4.69, 9.17) is 4.74 Å². The van der Waals surface area contributed by atoms with E-state index in [0.717, 1.165) is 16.9 Å². The Morgan fingerprint density at radius 3 is 2.62 bits per heavy atom. The average Bonchev–Trinajstić information content (AvgIpc) is 3.43. The van der Waals surface area contributed by atoms with Crippen molar-refractivity contribution in [1.29, 1.82) is 5.26 Å². The van der Waals surface area contributed by atoms with Gasteiger partial charge in [0.05, 0.1) is 47.8 Å². The van der Waals surface area contributed by atoms with Crippen molar-refractivity contribution in [2.24, 2.45) is 0 Å². The van der Waals surface area contributed by atoms with Gasteiger partial charge in [0.1, 0.15) is 0 Å². The summed E-state index contributed by atoms with van der Waals surface area (Å²) >= 11 is 0. The molecule has 9 nitrogen and oxygen atoms in total. The Labute approximate surface area is 227 Å². The van der Waals surface area contributed by atoms with Crippen LogP contribution in [0.5, 0.6) is 0 Å². The number of rotatable bonds is 7. The number of fused-ring (bicyclic) bond motifs is 1. The molecule has 0 saturated carbocycles. The Morgan fingerprint density at radius 1 is 1.13 bits per heavy atom. The van der Waals surface area contributed by atoms with Crippen molar-refractivity contribution in [2.75, 3.05) is 18.6 Å². The van der Waals surface area contributed by atoms with E-state index in [2.05, 4.69) is 20.9 Å². The number of methoxy groups -OCH3 is 1. The third kappa shape index (κ3) is 5.41. The molecule has 0 bridgehead atoms. The maximum atomic E-state index is 14.4. The van der Waals surface area contributed by atoms with Crippen molar-refractivity contribution >= 4 is 21.7 Å². The minimum atomic E-state index is -4.19. The molecule has 2 heterocycles. The van der Waals surface area contributed by atoms with Crippen LogP contribution < -0.4 is 4.90 Å². The van der Waals surface area contributed by atoms with E-state index in [1.165, 1.54) is 23.5 Å². The Morgan fingerprint density at radius 2 is 1.90 bits per heavy atom. The molecule has 1 atom stereocenters. The van der Waals surface area contributed by atoms with Crippen LogP contribution in [0, 0.1) is 11.3 Å². The van der Waals surface area contributed by atoms with Crippen molar-refractivity contribution in [1.82, 2.24) is 14.3 Å². The number of aromatic amines is 1. The minimum absolute atomic E-state index is 0.0251. The predicted molar refractivity (Wildman–Crippen MR) is 145 cm³/mol. The van der Waals surface area contributed by atoms with Crippen LogP contribution in [0.4, 0.5) is 5.69 Å². The summed E-state index contributed by atoms with van der Waals surface area (Å²) in [6.07, 6.45) is 3.85. The molecular weight excluding hydrogens is 514 g/mol. The van der Waals surface area contributed by atoms with E-state index >= 15 is 0 Å². The van der Waals surface area contributed by atoms with Gasteiger partial charge in [0.15, 0.2) is 0 Å². The van der Waals surface area contributed by atoms with Gasteiger partial charge in [0, 0.05) is 31.0 Å². The van der Waals surface area contributed by atoms with Crippen molar-refractivity contribution < 1.29 is 17.9 Å². The van der Waals surface area contributed by atoms with Gasteiger partial charge in [-0.1, -0.05) is 42.5 Å². The molecular formula is C29H27N5O4S. The second-order valence-corrected chi connectivity index (χ2v) is 11.1. The molecule has 0 amide bonds. The van der Waals surface area contributed by atoms with Gasteiger partial charge in [-0.25, -0.2) is 18.2 Å². The number of carbonyl (C=O) groups is 1. The van der Waals surface area contributed by atoms with E-state index in [1.54, 1.807) is 30.6 Å². The molecule has 0 spiro atoms. The first-order valence-electron chi connectivity index (χ1n) is 12.4. The number of nitrogens with zero attached hydrogens (tertiary/aromatic N) is 4. The zero-order valence-electron chi connectivity index (χ0n) is 21.3. The van der Waals surface area contributed by atoms with Crippen LogP contribution in [-0.2, 0) is 34.3 Å². The van der Waals surface area contributed by atoms with Gasteiger partial charge in [0.25, 0.3) is 0 Å². The Kier molecular flexibility index (Phi) is 7.45. The smallest absolute Gasteiger partial charge is 0.339 e. The number of anilines is 1. The highest BCUT2D eigenvalue weighted by Gasteiger charge is 2.38. The first-order chi connectivity index (χ1) is 18.9. The second kappa shape index (κ2) is 11.1. The molecule has 0 fully saturated rings. The van der Waals surface area contributed by atoms with Crippen LogP contribution >= 0.6 is 0 Å². The van der Waals surface area contributed by atoms with Crippen molar-refractivity contribution in [3.8, 4) is 6.07 Å². The molecule has 1 aromatic heterocycles. The van der Waals surface area contributed by atoms with Gasteiger partial charge >= 0.3 is 5.97 Å². The molecule has 0 radical (unpaired) electrons. The Bertz CT molecular complexity index is 1620. The van der Waals surface area contributed by atoms with Crippen molar-refractivity contribution in [3.63, 3.8) is 0 Å². The third-order valence-electron chi connectivity index (χ3n) is 6.81. The fourth-order valence-corrected chi connectivity index (χ4v) is 6.76. The molecule has 3 aromatic carbocycles. The standard InChI is InChI=1S/C29H27N5O4S/c1-38-29(35)26-9-5-6-10-28(26)39(36,37)34-17-23-13-22(15-30)11-12-27(23)33(18-24-16-31-20-32-24)19-25(34)14-21-7-3-2-4-8-21/h2-13,16,20,25H,14,17-19H2,1H3,(H,31,32). The van der Waals surface area contributed by atoms with E-state index in [9.17, 15) is 18.5 Å². The number of esters is 1. The fourth-order valence-electron chi connectivity index (χ4n) is 4.98. The summed E-state index contributed by atoms with van der Waals surface area (Å²) in [5.74, 6) is -0.726. The third-order valence-corrected chi connectivity index (χ3v) is 8.77. The molecule has 0 saturated heterocycles. The van der Waals surface area contributed by atoms with E-state index in [1.807, 2.05) is 42.6 Å². The predicted octanol–water partition coefficient (Wildman–Crippen LogP) is 3.89. The quantitative estimate of drug-likeness (QED) is 0.353. The first-order valence-corrected chi connectivity index (χ1v) is 13.8. The number of H-pyrrole nitrogens is 1. The van der Waals surface area contributed by atoms with Crippen molar-refractivity contribution in [3.05, 3.63) is 113 Å². The Balaban J connectivity index is 1.66. The van der Waals surface area contributed by atoms with Gasteiger partial charge in [-0.2, -0.15) is 9.57 Å². The van der Waals surface area contributed by atoms with E-state index < -0.39 is 22.0 Å². The number of hydrogen-bond acceptors (Lipinski definition) is 7. The van der Waals surface area contributed by atoms with Crippen LogP contribution in [0.25, 0.3) is 0 Å². The van der Waals surface area contributed by atoms with Crippen molar-refractivity contribution in [2.45, 2.75) is 30.4 Å². The normalized spacial score (nSPS) is 15.7. The number of benzene rings is 3. The van der Waals surface area contributed by atoms with Crippen LogP contribution in [0.2, 0.25) is 0 Å². The number of carbonyl (C=O) groups excluding carboxylic acids is 1. The molecule has 1 aliphatic rings. The number of nitrogens with one attached hydrogen (secondary N) is 1. The number of nitriles is 1. The Hall–Kier alpha value is -4.46. The molecule has 198 valence electrons. The highest BCUT2D eigenvalue weighted by atomic mass is 32.2. The molecule has 39 heavy (non-hydrogen) atoms. The molecule has 4 aromatic rings. The fraction of sp³-hybridized carbons (Fsp3) is 0.207. The summed E-state index contributed by atoms with van der Waals surface area (Å²) < 4.78 is 35.1. The zero-order chi connectivity index (χ0) is 27.4. The molecule has 1 unspecified atom stereocenters. The van der Waals surface area contributed by atoms with Crippen LogP contribution in [-0.4, -0.2) is 48.4 Å². The lowest BCUT2D eigenvalue weighted by atomic mass is 10.1. The lowest BCUT2D eigenvalue weighted by molar-refractivity contribution is 0.0596. The number of ether oxygens (including phenoxy) is 1. The molecule has 5 rings (SSSR count). The highest BCUT2D eigenvalue weighted by Crippen LogP contribution is 2.34. The summed E-state index contributed by atoms with van der Waals surface area (Å²) in [6, 6.07) is 22.8. The second-order valence-electron chi connectivity index (χ2n) is 9.28. The summed E-state index contributed by atoms with van der Waals surface area (Å²) in [4.78, 5) is 21.9. The molecule has 1 N–H and O–H groups in total. The lowest BCUT2D eigenvalue weighted by Gasteiger charge is -2.32.